The van der Waals surface area contributed by atoms with Gasteiger partial charge in [0.15, 0.2) is 5.82 Å². The highest BCUT2D eigenvalue weighted by atomic mass is 35.5. The van der Waals surface area contributed by atoms with Gasteiger partial charge in [0.2, 0.25) is 0 Å². The Labute approximate surface area is 168 Å². The van der Waals surface area contributed by atoms with Gasteiger partial charge in [-0.25, -0.2) is 9.97 Å². The van der Waals surface area contributed by atoms with E-state index in [1.54, 1.807) is 18.3 Å². The van der Waals surface area contributed by atoms with E-state index >= 15 is 0 Å². The lowest BCUT2D eigenvalue weighted by atomic mass is 10.1. The third kappa shape index (κ3) is 4.50. The highest BCUT2D eigenvalue weighted by Crippen LogP contribution is 2.35. The highest BCUT2D eigenvalue weighted by molar-refractivity contribution is 6.33. The van der Waals surface area contributed by atoms with Crippen molar-refractivity contribution in [1.82, 2.24) is 9.97 Å². The molecule has 3 aromatic rings. The number of phenolic OH excluding ortho intramolecular Hbond substituents is 1. The molecule has 3 rings (SSSR count). The predicted octanol–water partition coefficient (Wildman–Crippen LogP) is 4.97. The Hall–Kier alpha value is -2.34. The van der Waals surface area contributed by atoms with Gasteiger partial charge in [-0.05, 0) is 30.7 Å². The van der Waals surface area contributed by atoms with Crippen LogP contribution in [0.25, 0.3) is 22.5 Å². The third-order valence-electron chi connectivity index (χ3n) is 4.21. The molecule has 0 spiro atoms. The van der Waals surface area contributed by atoms with E-state index < -0.39 is 0 Å². The van der Waals surface area contributed by atoms with Crippen molar-refractivity contribution in [1.29, 1.82) is 0 Å². The van der Waals surface area contributed by atoms with Crippen LogP contribution < -0.4 is 11.1 Å². The molecule has 0 aliphatic heterocycles. The van der Waals surface area contributed by atoms with Crippen molar-refractivity contribution in [3.05, 3.63) is 58.7 Å². The van der Waals surface area contributed by atoms with Crippen LogP contribution in [0.2, 0.25) is 10.0 Å². The summed E-state index contributed by atoms with van der Waals surface area (Å²) in [5, 5.41) is 14.5. The van der Waals surface area contributed by atoms with E-state index in [1.807, 2.05) is 31.2 Å². The number of phenols is 1. The molecule has 0 aliphatic rings. The van der Waals surface area contributed by atoms with Gasteiger partial charge in [-0.1, -0.05) is 48.3 Å². The van der Waals surface area contributed by atoms with Crippen LogP contribution in [-0.4, -0.2) is 27.7 Å². The number of aromatic nitrogens is 2. The number of hydrogen-bond acceptors (Lipinski definition) is 5. The van der Waals surface area contributed by atoms with Crippen LogP contribution in [0, 0.1) is 0 Å². The second-order valence-electron chi connectivity index (χ2n) is 6.15. The normalized spacial score (nSPS) is 12.0. The molecule has 140 valence electrons. The fraction of sp³-hybridized carbons (Fsp3) is 0.200. The average molecular weight is 403 g/mol. The van der Waals surface area contributed by atoms with Gasteiger partial charge in [-0.3, -0.25) is 0 Å². The third-order valence-corrected chi connectivity index (χ3v) is 4.77. The molecule has 27 heavy (non-hydrogen) atoms. The summed E-state index contributed by atoms with van der Waals surface area (Å²) in [5.41, 5.74) is 8.07. The van der Waals surface area contributed by atoms with Crippen LogP contribution >= 0.6 is 23.2 Å². The van der Waals surface area contributed by atoms with Crippen molar-refractivity contribution in [3.8, 4) is 28.3 Å². The maximum Gasteiger partial charge on any atom is 0.165 e. The second kappa shape index (κ2) is 8.57. The summed E-state index contributed by atoms with van der Waals surface area (Å²) in [5.74, 6) is 1.01. The molecule has 2 aromatic carbocycles. The van der Waals surface area contributed by atoms with E-state index in [-0.39, 0.29) is 11.8 Å². The first-order valence-corrected chi connectivity index (χ1v) is 9.35. The smallest absolute Gasteiger partial charge is 0.165 e. The van der Waals surface area contributed by atoms with Gasteiger partial charge in [0.1, 0.15) is 11.6 Å². The first kappa shape index (κ1) is 19.4. The Morgan fingerprint density at radius 3 is 2.63 bits per heavy atom. The molecular weight excluding hydrogens is 383 g/mol. The maximum absolute atomic E-state index is 10.2. The number of rotatable bonds is 6. The van der Waals surface area contributed by atoms with Crippen LogP contribution in [0.15, 0.2) is 48.7 Å². The molecule has 0 bridgehead atoms. The zero-order chi connectivity index (χ0) is 19.4. The number of benzene rings is 2. The summed E-state index contributed by atoms with van der Waals surface area (Å²) in [6.45, 7) is 2.57. The van der Waals surface area contributed by atoms with Gasteiger partial charge in [-0.15, -0.1) is 0 Å². The molecule has 7 heteroatoms. The first-order valence-electron chi connectivity index (χ1n) is 8.60. The molecular formula is C20H20Cl2N4O. The number of nitrogens with one attached hydrogen (secondary N) is 1. The van der Waals surface area contributed by atoms with Gasteiger partial charge < -0.3 is 16.2 Å². The van der Waals surface area contributed by atoms with Crippen molar-refractivity contribution in [2.75, 3.05) is 11.9 Å². The largest absolute Gasteiger partial charge is 0.507 e. The van der Waals surface area contributed by atoms with Gasteiger partial charge in [-0.2, -0.15) is 0 Å². The molecule has 0 saturated heterocycles. The van der Waals surface area contributed by atoms with Crippen LogP contribution in [-0.2, 0) is 0 Å². The van der Waals surface area contributed by atoms with Gasteiger partial charge in [0, 0.05) is 40.0 Å². The zero-order valence-electron chi connectivity index (χ0n) is 14.8. The molecule has 0 saturated carbocycles. The molecule has 1 heterocycles. The molecule has 5 nitrogen and oxygen atoms in total. The van der Waals surface area contributed by atoms with Crippen molar-refractivity contribution in [2.24, 2.45) is 5.73 Å². The molecule has 0 unspecified atom stereocenters. The topological polar surface area (TPSA) is 84.1 Å². The minimum atomic E-state index is -0.0120. The number of hydrogen-bond donors (Lipinski definition) is 3. The predicted molar refractivity (Wildman–Crippen MR) is 111 cm³/mol. The zero-order valence-corrected chi connectivity index (χ0v) is 16.3. The molecule has 1 atom stereocenters. The molecule has 1 aromatic heterocycles. The van der Waals surface area contributed by atoms with Crippen molar-refractivity contribution < 1.29 is 5.11 Å². The Morgan fingerprint density at radius 2 is 1.89 bits per heavy atom. The van der Waals surface area contributed by atoms with E-state index in [0.717, 1.165) is 17.5 Å². The van der Waals surface area contributed by atoms with Crippen LogP contribution in [0.5, 0.6) is 5.75 Å². The maximum atomic E-state index is 10.2. The Balaban J connectivity index is 2.09. The lowest BCUT2D eigenvalue weighted by molar-refractivity contribution is 0.477. The summed E-state index contributed by atoms with van der Waals surface area (Å²) in [6, 6.07) is 12.2. The highest BCUT2D eigenvalue weighted by Gasteiger charge is 2.15. The number of aromatic hydroxyl groups is 1. The quantitative estimate of drug-likeness (QED) is 0.541. The lowest BCUT2D eigenvalue weighted by Crippen LogP contribution is -2.28. The second-order valence-corrected chi connectivity index (χ2v) is 6.99. The number of anilines is 1. The number of nitrogens with two attached hydrogens (primary N) is 1. The van der Waals surface area contributed by atoms with Crippen molar-refractivity contribution in [2.45, 2.75) is 19.4 Å². The average Bonchev–Trinajstić information content (AvgIpc) is 2.68. The fourth-order valence-electron chi connectivity index (χ4n) is 2.58. The Bertz CT molecular complexity index is 949. The summed E-state index contributed by atoms with van der Waals surface area (Å²) >= 11 is 12.4. The molecule has 4 N–H and O–H groups in total. The number of halogens is 2. The van der Waals surface area contributed by atoms with E-state index in [1.165, 1.54) is 6.07 Å². The SMILES string of the molecule is CC[C@@H](N)CNc1nc(-c2cc(Cl)ccc2O)ncc1-c1ccccc1Cl. The summed E-state index contributed by atoms with van der Waals surface area (Å²) in [4.78, 5) is 9.03. The monoisotopic (exact) mass is 402 g/mol. The van der Waals surface area contributed by atoms with Gasteiger partial charge in [0.05, 0.1) is 5.56 Å². The van der Waals surface area contributed by atoms with E-state index in [9.17, 15) is 5.11 Å². The summed E-state index contributed by atoms with van der Waals surface area (Å²) in [7, 11) is 0. The van der Waals surface area contributed by atoms with Gasteiger partial charge >= 0.3 is 0 Å². The minimum Gasteiger partial charge on any atom is -0.507 e. The first-order chi connectivity index (χ1) is 13.0. The van der Waals surface area contributed by atoms with Crippen LogP contribution in [0.3, 0.4) is 0 Å². The van der Waals surface area contributed by atoms with E-state index in [0.29, 0.717) is 33.8 Å². The molecule has 0 amide bonds. The Morgan fingerprint density at radius 1 is 1.11 bits per heavy atom. The van der Waals surface area contributed by atoms with Crippen LogP contribution in [0.4, 0.5) is 5.82 Å². The van der Waals surface area contributed by atoms with Gasteiger partial charge in [0.25, 0.3) is 0 Å². The molecule has 0 aliphatic carbocycles. The standard InChI is InChI=1S/C20H20Cl2N4O/c1-2-13(23)10-24-20-16(14-5-3-4-6-17(14)22)11-25-19(26-20)15-9-12(21)7-8-18(15)27/h3-9,11,13,27H,2,10,23H2,1H3,(H,24,25,26)/t13-/m1/s1. The van der Waals surface area contributed by atoms with E-state index in [4.69, 9.17) is 28.9 Å². The summed E-state index contributed by atoms with van der Waals surface area (Å²) in [6.07, 6.45) is 2.52. The van der Waals surface area contributed by atoms with Crippen molar-refractivity contribution in [3.63, 3.8) is 0 Å². The Kier molecular flexibility index (Phi) is 6.16. The van der Waals surface area contributed by atoms with E-state index in [2.05, 4.69) is 15.3 Å². The summed E-state index contributed by atoms with van der Waals surface area (Å²) < 4.78 is 0. The number of nitrogens with zero attached hydrogens (tertiary/aromatic N) is 2. The minimum absolute atomic E-state index is 0.0120. The lowest BCUT2D eigenvalue weighted by Gasteiger charge is -2.16. The molecule has 0 fully saturated rings. The van der Waals surface area contributed by atoms with Crippen molar-refractivity contribution >= 4 is 29.0 Å². The fourth-order valence-corrected chi connectivity index (χ4v) is 2.99. The van der Waals surface area contributed by atoms with Crippen LogP contribution in [0.1, 0.15) is 13.3 Å². The molecule has 0 radical (unpaired) electrons.